The van der Waals surface area contributed by atoms with Crippen LogP contribution < -0.4 is 0 Å². The van der Waals surface area contributed by atoms with E-state index in [1.165, 1.54) is 6.07 Å². The standard InChI is InChI=1S/C10H11ClO2S/c1-2-3-5-9-6-4-7-10(8-9)14(11,12)13/h2,4,6-8H,1,3,5H2. The monoisotopic (exact) mass is 230 g/mol. The van der Waals surface area contributed by atoms with Crippen molar-refractivity contribution in [2.45, 2.75) is 17.7 Å². The van der Waals surface area contributed by atoms with Crippen molar-refractivity contribution in [2.75, 3.05) is 0 Å². The second kappa shape index (κ2) is 4.62. The molecule has 0 aromatic heterocycles. The average molecular weight is 231 g/mol. The Morgan fingerprint density at radius 2 is 2.14 bits per heavy atom. The molecule has 1 aromatic carbocycles. The van der Waals surface area contributed by atoms with Gasteiger partial charge in [0.2, 0.25) is 0 Å². The average Bonchev–Trinajstić information content (AvgIpc) is 2.14. The fourth-order valence-electron chi connectivity index (χ4n) is 1.12. The van der Waals surface area contributed by atoms with E-state index >= 15 is 0 Å². The van der Waals surface area contributed by atoms with E-state index in [9.17, 15) is 8.42 Å². The Balaban J connectivity index is 2.95. The summed E-state index contributed by atoms with van der Waals surface area (Å²) in [6.45, 7) is 3.60. The van der Waals surface area contributed by atoms with Crippen molar-refractivity contribution < 1.29 is 8.42 Å². The zero-order chi connectivity index (χ0) is 10.6. The van der Waals surface area contributed by atoms with Gasteiger partial charge < -0.3 is 0 Å². The molecule has 0 amide bonds. The van der Waals surface area contributed by atoms with Gasteiger partial charge in [0.25, 0.3) is 9.05 Å². The Kier molecular flexibility index (Phi) is 3.72. The van der Waals surface area contributed by atoms with Crippen LogP contribution in [0.25, 0.3) is 0 Å². The molecule has 0 spiro atoms. The summed E-state index contributed by atoms with van der Waals surface area (Å²) < 4.78 is 22.0. The Morgan fingerprint density at radius 3 is 2.71 bits per heavy atom. The Bertz CT molecular complexity index is 424. The van der Waals surface area contributed by atoms with Crippen LogP contribution in [-0.2, 0) is 15.5 Å². The highest BCUT2D eigenvalue weighted by molar-refractivity contribution is 8.13. The molecular weight excluding hydrogens is 220 g/mol. The van der Waals surface area contributed by atoms with Crippen molar-refractivity contribution in [3.05, 3.63) is 42.5 Å². The Morgan fingerprint density at radius 1 is 1.43 bits per heavy atom. The van der Waals surface area contributed by atoms with Crippen molar-refractivity contribution in [1.82, 2.24) is 0 Å². The number of allylic oxidation sites excluding steroid dienone is 1. The van der Waals surface area contributed by atoms with E-state index in [1.54, 1.807) is 18.2 Å². The quantitative estimate of drug-likeness (QED) is 0.589. The minimum absolute atomic E-state index is 0.153. The molecule has 1 rings (SSSR count). The summed E-state index contributed by atoms with van der Waals surface area (Å²) in [4.78, 5) is 0.153. The van der Waals surface area contributed by atoms with Crippen LogP contribution in [0.1, 0.15) is 12.0 Å². The molecule has 0 unspecified atom stereocenters. The molecule has 0 fully saturated rings. The molecule has 4 heteroatoms. The predicted molar refractivity (Wildman–Crippen MR) is 58.0 cm³/mol. The molecule has 0 heterocycles. The molecule has 0 N–H and O–H groups in total. The van der Waals surface area contributed by atoms with Crippen molar-refractivity contribution in [3.8, 4) is 0 Å². The van der Waals surface area contributed by atoms with Crippen molar-refractivity contribution in [3.63, 3.8) is 0 Å². The molecule has 0 radical (unpaired) electrons. The molecule has 0 aliphatic carbocycles. The van der Waals surface area contributed by atoms with Gasteiger partial charge >= 0.3 is 0 Å². The zero-order valence-electron chi connectivity index (χ0n) is 7.61. The maximum atomic E-state index is 11.0. The molecule has 1 aromatic rings. The predicted octanol–water partition coefficient (Wildman–Crippen LogP) is 2.73. The van der Waals surface area contributed by atoms with Gasteiger partial charge in [-0.2, -0.15) is 0 Å². The first-order valence-electron chi connectivity index (χ1n) is 4.18. The van der Waals surface area contributed by atoms with Gasteiger partial charge in [-0.15, -0.1) is 6.58 Å². The van der Waals surface area contributed by atoms with Crippen LogP contribution in [0.3, 0.4) is 0 Å². The third-order valence-corrected chi connectivity index (χ3v) is 3.17. The van der Waals surface area contributed by atoms with Crippen LogP contribution >= 0.6 is 10.7 Å². The summed E-state index contributed by atoms with van der Waals surface area (Å²) >= 11 is 0. The van der Waals surface area contributed by atoms with E-state index in [1.807, 2.05) is 6.07 Å². The summed E-state index contributed by atoms with van der Waals surface area (Å²) in [7, 11) is 1.61. The topological polar surface area (TPSA) is 34.1 Å². The number of hydrogen-bond acceptors (Lipinski definition) is 2. The molecule has 0 atom stereocenters. The van der Waals surface area contributed by atoms with Crippen LogP contribution in [0.4, 0.5) is 0 Å². The lowest BCUT2D eigenvalue weighted by atomic mass is 10.1. The van der Waals surface area contributed by atoms with E-state index in [-0.39, 0.29) is 4.90 Å². The number of rotatable bonds is 4. The number of hydrogen-bond donors (Lipinski definition) is 0. The van der Waals surface area contributed by atoms with Gasteiger partial charge in [-0.1, -0.05) is 18.2 Å². The summed E-state index contributed by atoms with van der Waals surface area (Å²) in [6, 6.07) is 6.63. The summed E-state index contributed by atoms with van der Waals surface area (Å²) in [5.41, 5.74) is 0.951. The first kappa shape index (κ1) is 11.3. The highest BCUT2D eigenvalue weighted by Gasteiger charge is 2.09. The molecule has 14 heavy (non-hydrogen) atoms. The Labute approximate surface area is 88.6 Å². The fourth-order valence-corrected chi connectivity index (χ4v) is 1.94. The fraction of sp³-hybridized carbons (Fsp3) is 0.200. The van der Waals surface area contributed by atoms with Crippen LogP contribution in [0.5, 0.6) is 0 Å². The van der Waals surface area contributed by atoms with Crippen LogP contribution in [0, 0.1) is 0 Å². The highest BCUT2D eigenvalue weighted by atomic mass is 35.7. The molecule has 0 saturated carbocycles. The molecular formula is C10H11ClO2S. The van der Waals surface area contributed by atoms with E-state index in [2.05, 4.69) is 6.58 Å². The second-order valence-electron chi connectivity index (χ2n) is 2.91. The number of benzene rings is 1. The lowest BCUT2D eigenvalue weighted by Gasteiger charge is -2.00. The molecule has 0 saturated heterocycles. The van der Waals surface area contributed by atoms with Crippen molar-refractivity contribution >= 4 is 19.7 Å². The first-order chi connectivity index (χ1) is 6.54. The maximum Gasteiger partial charge on any atom is 0.261 e. The smallest absolute Gasteiger partial charge is 0.207 e. The van der Waals surface area contributed by atoms with Gasteiger partial charge in [-0.05, 0) is 30.5 Å². The van der Waals surface area contributed by atoms with Gasteiger partial charge in [-0.3, -0.25) is 0 Å². The Hall–Kier alpha value is -0.800. The molecule has 2 nitrogen and oxygen atoms in total. The maximum absolute atomic E-state index is 11.0. The van der Waals surface area contributed by atoms with Gasteiger partial charge in [0.15, 0.2) is 0 Å². The largest absolute Gasteiger partial charge is 0.261 e. The van der Waals surface area contributed by atoms with Gasteiger partial charge in [-0.25, -0.2) is 8.42 Å². The normalized spacial score (nSPS) is 11.2. The molecule has 0 aliphatic rings. The first-order valence-corrected chi connectivity index (χ1v) is 6.49. The lowest BCUT2D eigenvalue weighted by molar-refractivity contribution is 0.609. The molecule has 76 valence electrons. The van der Waals surface area contributed by atoms with E-state index in [0.717, 1.165) is 18.4 Å². The van der Waals surface area contributed by atoms with Crippen LogP contribution in [0.15, 0.2) is 41.8 Å². The lowest BCUT2D eigenvalue weighted by Crippen LogP contribution is -1.92. The third-order valence-electron chi connectivity index (χ3n) is 1.82. The minimum Gasteiger partial charge on any atom is -0.207 e. The summed E-state index contributed by atoms with van der Waals surface area (Å²) in [5, 5.41) is 0. The van der Waals surface area contributed by atoms with Gasteiger partial charge in [0, 0.05) is 10.7 Å². The van der Waals surface area contributed by atoms with Crippen LogP contribution in [0.2, 0.25) is 0 Å². The molecule has 0 aliphatic heterocycles. The SMILES string of the molecule is C=CCCc1cccc(S(=O)(=O)Cl)c1. The van der Waals surface area contributed by atoms with E-state index in [0.29, 0.717) is 0 Å². The minimum atomic E-state index is -3.60. The van der Waals surface area contributed by atoms with Gasteiger partial charge in [0.1, 0.15) is 0 Å². The van der Waals surface area contributed by atoms with E-state index in [4.69, 9.17) is 10.7 Å². The van der Waals surface area contributed by atoms with Gasteiger partial charge in [0.05, 0.1) is 4.90 Å². The van der Waals surface area contributed by atoms with Crippen LogP contribution in [-0.4, -0.2) is 8.42 Å². The molecule has 0 bridgehead atoms. The third kappa shape index (κ3) is 3.16. The number of aryl methyl sites for hydroxylation is 1. The second-order valence-corrected chi connectivity index (χ2v) is 5.48. The summed E-state index contributed by atoms with van der Waals surface area (Å²) in [6.07, 6.45) is 3.40. The number of halogens is 1. The van der Waals surface area contributed by atoms with Crippen molar-refractivity contribution in [1.29, 1.82) is 0 Å². The highest BCUT2D eigenvalue weighted by Crippen LogP contribution is 2.16. The van der Waals surface area contributed by atoms with E-state index < -0.39 is 9.05 Å². The van der Waals surface area contributed by atoms with Crippen molar-refractivity contribution in [2.24, 2.45) is 0 Å². The zero-order valence-corrected chi connectivity index (χ0v) is 9.18. The summed E-state index contributed by atoms with van der Waals surface area (Å²) in [5.74, 6) is 0.